The molecule has 2 aromatic rings. The molecule has 6 heteroatoms. The fraction of sp³-hybridized carbons (Fsp3) is 0.400. The van der Waals surface area contributed by atoms with Crippen molar-refractivity contribution in [3.8, 4) is 0 Å². The lowest BCUT2D eigenvalue weighted by molar-refractivity contribution is 0.578. The van der Waals surface area contributed by atoms with Crippen LogP contribution >= 0.6 is 11.6 Å². The van der Waals surface area contributed by atoms with Crippen molar-refractivity contribution in [2.24, 2.45) is 0 Å². The van der Waals surface area contributed by atoms with Crippen LogP contribution in [0.3, 0.4) is 0 Å². The standard InChI is InChI=1S/C20H25ClN2O2S/c21-19-7-3-5-18(15-19)16-26(24,25)22-12-4-6-17-8-10-20(11-9-17)23-13-1-2-14-23/h3,5,7-11,15,22H,1-2,4,6,12-14,16H2. The van der Waals surface area contributed by atoms with E-state index >= 15 is 0 Å². The van der Waals surface area contributed by atoms with Crippen LogP contribution in [0.5, 0.6) is 0 Å². The van der Waals surface area contributed by atoms with E-state index in [0.29, 0.717) is 17.1 Å². The van der Waals surface area contributed by atoms with Gasteiger partial charge in [-0.05, 0) is 61.1 Å². The molecule has 1 fully saturated rings. The number of nitrogens with one attached hydrogen (secondary N) is 1. The van der Waals surface area contributed by atoms with Crippen LogP contribution in [0, 0.1) is 0 Å². The summed E-state index contributed by atoms with van der Waals surface area (Å²) < 4.78 is 27.0. The highest BCUT2D eigenvalue weighted by Gasteiger charge is 2.12. The van der Waals surface area contributed by atoms with Gasteiger partial charge < -0.3 is 4.90 Å². The molecule has 1 aliphatic heterocycles. The molecule has 0 atom stereocenters. The third kappa shape index (κ3) is 5.73. The van der Waals surface area contributed by atoms with Crippen molar-refractivity contribution >= 4 is 27.3 Å². The topological polar surface area (TPSA) is 49.4 Å². The maximum Gasteiger partial charge on any atom is 0.215 e. The number of hydrogen-bond acceptors (Lipinski definition) is 3. The molecule has 1 heterocycles. The van der Waals surface area contributed by atoms with Crippen molar-refractivity contribution in [3.63, 3.8) is 0 Å². The number of anilines is 1. The Morgan fingerprint density at radius 2 is 1.73 bits per heavy atom. The molecule has 0 amide bonds. The van der Waals surface area contributed by atoms with E-state index < -0.39 is 10.0 Å². The number of nitrogens with zero attached hydrogens (tertiary/aromatic N) is 1. The largest absolute Gasteiger partial charge is 0.372 e. The summed E-state index contributed by atoms with van der Waals surface area (Å²) in [5.74, 6) is -0.0436. The van der Waals surface area contributed by atoms with E-state index in [0.717, 1.165) is 25.9 Å². The van der Waals surface area contributed by atoms with Gasteiger partial charge in [-0.2, -0.15) is 0 Å². The molecule has 140 valence electrons. The van der Waals surface area contributed by atoms with Gasteiger partial charge in [0.1, 0.15) is 0 Å². The third-order valence-electron chi connectivity index (χ3n) is 4.62. The number of rotatable bonds is 8. The smallest absolute Gasteiger partial charge is 0.215 e. The van der Waals surface area contributed by atoms with Crippen LogP contribution in [0.4, 0.5) is 5.69 Å². The summed E-state index contributed by atoms with van der Waals surface area (Å²) in [7, 11) is -3.34. The minimum Gasteiger partial charge on any atom is -0.372 e. The van der Waals surface area contributed by atoms with E-state index in [1.807, 2.05) is 0 Å². The third-order valence-corrected chi connectivity index (χ3v) is 6.21. The predicted octanol–water partition coefficient (Wildman–Crippen LogP) is 3.99. The maximum absolute atomic E-state index is 12.2. The quantitative estimate of drug-likeness (QED) is 0.691. The van der Waals surface area contributed by atoms with E-state index in [2.05, 4.69) is 33.9 Å². The van der Waals surface area contributed by atoms with Gasteiger partial charge in [-0.3, -0.25) is 0 Å². The van der Waals surface area contributed by atoms with Crippen LogP contribution in [-0.4, -0.2) is 28.1 Å². The Kier molecular flexibility index (Phi) is 6.57. The lowest BCUT2D eigenvalue weighted by Crippen LogP contribution is -2.26. The molecule has 0 saturated carbocycles. The Morgan fingerprint density at radius 3 is 2.42 bits per heavy atom. The van der Waals surface area contributed by atoms with Crippen molar-refractivity contribution in [2.75, 3.05) is 24.5 Å². The predicted molar refractivity (Wildman–Crippen MR) is 108 cm³/mol. The summed E-state index contributed by atoms with van der Waals surface area (Å²) in [5.41, 5.74) is 3.22. The van der Waals surface area contributed by atoms with Crippen molar-refractivity contribution in [2.45, 2.75) is 31.4 Å². The van der Waals surface area contributed by atoms with Gasteiger partial charge in [0.2, 0.25) is 10.0 Å². The molecule has 0 aromatic heterocycles. The second kappa shape index (κ2) is 8.89. The van der Waals surface area contributed by atoms with Crippen molar-refractivity contribution in [1.29, 1.82) is 0 Å². The molecule has 26 heavy (non-hydrogen) atoms. The molecule has 3 rings (SSSR count). The number of sulfonamides is 1. The fourth-order valence-electron chi connectivity index (χ4n) is 3.27. The minimum absolute atomic E-state index is 0.0436. The molecule has 1 saturated heterocycles. The average Bonchev–Trinajstić information content (AvgIpc) is 3.13. The van der Waals surface area contributed by atoms with E-state index in [1.54, 1.807) is 24.3 Å². The van der Waals surface area contributed by atoms with Gasteiger partial charge in [0.15, 0.2) is 0 Å². The highest BCUT2D eigenvalue weighted by molar-refractivity contribution is 7.88. The minimum atomic E-state index is -3.34. The molecule has 0 aliphatic carbocycles. The summed E-state index contributed by atoms with van der Waals surface area (Å²) in [6.45, 7) is 2.73. The SMILES string of the molecule is O=S(=O)(Cc1cccc(Cl)c1)NCCCc1ccc(N2CCCC2)cc1. The van der Waals surface area contributed by atoms with Crippen LogP contribution in [0.2, 0.25) is 5.02 Å². The Bertz CT molecular complexity index is 816. The summed E-state index contributed by atoms with van der Waals surface area (Å²) in [6.07, 6.45) is 4.19. The summed E-state index contributed by atoms with van der Waals surface area (Å²) >= 11 is 5.90. The molecule has 2 aromatic carbocycles. The second-order valence-corrected chi connectivity index (χ2v) is 8.99. The van der Waals surface area contributed by atoms with Crippen LogP contribution < -0.4 is 9.62 Å². The lowest BCUT2D eigenvalue weighted by atomic mass is 10.1. The van der Waals surface area contributed by atoms with Gasteiger partial charge in [-0.25, -0.2) is 13.1 Å². The highest BCUT2D eigenvalue weighted by atomic mass is 35.5. The number of halogens is 1. The molecular formula is C20H25ClN2O2S. The van der Waals surface area contributed by atoms with Crippen LogP contribution in [-0.2, 0) is 22.2 Å². The first-order chi connectivity index (χ1) is 12.5. The summed E-state index contributed by atoms with van der Waals surface area (Å²) in [5, 5.41) is 0.551. The van der Waals surface area contributed by atoms with Gasteiger partial charge >= 0.3 is 0 Å². The second-order valence-electron chi connectivity index (χ2n) is 6.75. The number of hydrogen-bond donors (Lipinski definition) is 1. The van der Waals surface area contributed by atoms with Crippen LogP contribution in [0.1, 0.15) is 30.4 Å². The Morgan fingerprint density at radius 1 is 1.00 bits per heavy atom. The highest BCUT2D eigenvalue weighted by Crippen LogP contribution is 2.20. The maximum atomic E-state index is 12.2. The molecule has 1 aliphatic rings. The van der Waals surface area contributed by atoms with Crippen molar-refractivity contribution < 1.29 is 8.42 Å². The zero-order valence-corrected chi connectivity index (χ0v) is 16.4. The normalized spacial score (nSPS) is 14.7. The van der Waals surface area contributed by atoms with Gasteiger partial charge in [0.25, 0.3) is 0 Å². The molecule has 4 nitrogen and oxygen atoms in total. The number of benzene rings is 2. The van der Waals surface area contributed by atoms with E-state index in [-0.39, 0.29) is 5.75 Å². The molecule has 1 N–H and O–H groups in total. The fourth-order valence-corrected chi connectivity index (χ4v) is 4.65. The van der Waals surface area contributed by atoms with Gasteiger partial charge in [0.05, 0.1) is 5.75 Å². The lowest BCUT2D eigenvalue weighted by Gasteiger charge is -2.17. The molecule has 0 unspecified atom stereocenters. The number of aryl methyl sites for hydroxylation is 1. The summed E-state index contributed by atoms with van der Waals surface area (Å²) in [6, 6.07) is 15.6. The monoisotopic (exact) mass is 392 g/mol. The first-order valence-corrected chi connectivity index (χ1v) is 11.1. The first kappa shape index (κ1) is 19.2. The van der Waals surface area contributed by atoms with Crippen LogP contribution in [0.25, 0.3) is 0 Å². The van der Waals surface area contributed by atoms with E-state index in [9.17, 15) is 8.42 Å². The Balaban J connectivity index is 1.43. The molecular weight excluding hydrogens is 368 g/mol. The molecule has 0 radical (unpaired) electrons. The Hall–Kier alpha value is -1.56. The van der Waals surface area contributed by atoms with Gasteiger partial charge in [-0.1, -0.05) is 35.9 Å². The summed E-state index contributed by atoms with van der Waals surface area (Å²) in [4.78, 5) is 2.41. The Labute approximate surface area is 161 Å². The van der Waals surface area contributed by atoms with Gasteiger partial charge in [0, 0.05) is 30.3 Å². The zero-order valence-electron chi connectivity index (χ0n) is 14.8. The van der Waals surface area contributed by atoms with Crippen LogP contribution in [0.15, 0.2) is 48.5 Å². The first-order valence-electron chi connectivity index (χ1n) is 9.07. The van der Waals surface area contributed by atoms with E-state index in [1.165, 1.54) is 24.1 Å². The van der Waals surface area contributed by atoms with Crippen molar-refractivity contribution in [3.05, 3.63) is 64.7 Å². The van der Waals surface area contributed by atoms with E-state index in [4.69, 9.17) is 11.6 Å². The average molecular weight is 393 g/mol. The van der Waals surface area contributed by atoms with Gasteiger partial charge in [-0.15, -0.1) is 0 Å². The zero-order chi connectivity index (χ0) is 18.4. The molecule has 0 bridgehead atoms. The van der Waals surface area contributed by atoms with Crippen molar-refractivity contribution in [1.82, 2.24) is 4.72 Å². The molecule has 0 spiro atoms.